The van der Waals surface area contributed by atoms with Crippen LogP contribution >= 0.6 is 0 Å². The lowest BCUT2D eigenvalue weighted by atomic mass is 9.98. The predicted molar refractivity (Wildman–Crippen MR) is 91.8 cm³/mol. The van der Waals surface area contributed by atoms with Crippen LogP contribution in [0.4, 0.5) is 10.5 Å². The molecule has 0 radical (unpaired) electrons. The first-order chi connectivity index (χ1) is 11.5. The molecule has 7 heteroatoms. The van der Waals surface area contributed by atoms with Gasteiger partial charge < -0.3 is 20.9 Å². The van der Waals surface area contributed by atoms with Gasteiger partial charge in [0.2, 0.25) is 5.91 Å². The lowest BCUT2D eigenvalue weighted by molar-refractivity contribution is -0.119. The van der Waals surface area contributed by atoms with Crippen LogP contribution < -0.4 is 16.0 Å². The van der Waals surface area contributed by atoms with Gasteiger partial charge in [-0.3, -0.25) is 9.59 Å². The molecule has 4 amide bonds. The molecular weight excluding hydrogens is 308 g/mol. The van der Waals surface area contributed by atoms with Crippen molar-refractivity contribution in [2.45, 2.75) is 19.8 Å². The van der Waals surface area contributed by atoms with Crippen LogP contribution in [-0.2, 0) is 4.79 Å². The van der Waals surface area contributed by atoms with Crippen LogP contribution in [0.5, 0.6) is 0 Å². The molecule has 0 unspecified atom stereocenters. The van der Waals surface area contributed by atoms with Crippen LogP contribution in [-0.4, -0.2) is 49.4 Å². The van der Waals surface area contributed by atoms with E-state index in [9.17, 15) is 14.4 Å². The standard InChI is InChI=1S/C17H24N4O3/c1-12-7-9-21(10-8-12)16(23)13-3-5-14(6-4-13)20-17(24)19-11-15(22)18-2/h3-6,12H,7-11H2,1-2H3,(H,18,22)(H2,19,20,24). The molecule has 1 heterocycles. The van der Waals surface area contributed by atoms with Crippen LogP contribution in [0.25, 0.3) is 0 Å². The first-order valence-corrected chi connectivity index (χ1v) is 8.14. The number of amides is 4. The van der Waals surface area contributed by atoms with Crippen molar-refractivity contribution in [1.82, 2.24) is 15.5 Å². The van der Waals surface area contributed by atoms with Gasteiger partial charge in [0, 0.05) is 31.4 Å². The van der Waals surface area contributed by atoms with E-state index in [4.69, 9.17) is 0 Å². The summed E-state index contributed by atoms with van der Waals surface area (Å²) in [5.41, 5.74) is 1.18. The zero-order chi connectivity index (χ0) is 17.5. The van der Waals surface area contributed by atoms with Gasteiger partial charge in [-0.05, 0) is 43.0 Å². The highest BCUT2D eigenvalue weighted by molar-refractivity contribution is 5.96. The quantitative estimate of drug-likeness (QED) is 0.779. The summed E-state index contributed by atoms with van der Waals surface area (Å²) < 4.78 is 0. The third-order valence-electron chi connectivity index (χ3n) is 4.15. The van der Waals surface area contributed by atoms with E-state index in [1.54, 1.807) is 24.3 Å². The van der Waals surface area contributed by atoms with Crippen molar-refractivity contribution in [2.75, 3.05) is 32.0 Å². The van der Waals surface area contributed by atoms with E-state index in [0.29, 0.717) is 17.2 Å². The van der Waals surface area contributed by atoms with Gasteiger partial charge in [-0.2, -0.15) is 0 Å². The second kappa shape index (κ2) is 8.33. The third kappa shape index (κ3) is 4.97. The lowest BCUT2D eigenvalue weighted by Gasteiger charge is -2.30. The number of likely N-dealkylation sites (N-methyl/N-ethyl adjacent to an activating group) is 1. The van der Waals surface area contributed by atoms with E-state index in [1.807, 2.05) is 4.90 Å². The highest BCUT2D eigenvalue weighted by Gasteiger charge is 2.21. The second-order valence-corrected chi connectivity index (χ2v) is 6.03. The monoisotopic (exact) mass is 332 g/mol. The Hall–Kier alpha value is -2.57. The number of anilines is 1. The van der Waals surface area contributed by atoms with E-state index in [-0.39, 0.29) is 18.4 Å². The van der Waals surface area contributed by atoms with Crippen LogP contribution in [0, 0.1) is 5.92 Å². The molecule has 0 aromatic heterocycles. The number of nitrogens with one attached hydrogen (secondary N) is 3. The van der Waals surface area contributed by atoms with Crippen molar-refractivity contribution in [3.05, 3.63) is 29.8 Å². The van der Waals surface area contributed by atoms with Gasteiger partial charge in [-0.25, -0.2) is 4.79 Å². The molecule has 7 nitrogen and oxygen atoms in total. The summed E-state index contributed by atoms with van der Waals surface area (Å²) in [6.07, 6.45) is 2.08. The Bertz CT molecular complexity index is 592. The van der Waals surface area contributed by atoms with Crippen LogP contribution in [0.3, 0.4) is 0 Å². The van der Waals surface area contributed by atoms with E-state index >= 15 is 0 Å². The van der Waals surface area contributed by atoms with E-state index < -0.39 is 6.03 Å². The van der Waals surface area contributed by atoms with Crippen molar-refractivity contribution in [3.8, 4) is 0 Å². The molecule has 0 spiro atoms. The molecule has 2 rings (SSSR count). The summed E-state index contributed by atoms with van der Waals surface area (Å²) in [6, 6.07) is 6.30. The van der Waals surface area contributed by atoms with Crippen molar-refractivity contribution < 1.29 is 14.4 Å². The van der Waals surface area contributed by atoms with Gasteiger partial charge in [-0.15, -0.1) is 0 Å². The first-order valence-electron chi connectivity index (χ1n) is 8.14. The van der Waals surface area contributed by atoms with Gasteiger partial charge in [0.15, 0.2) is 0 Å². The fourth-order valence-corrected chi connectivity index (χ4v) is 2.51. The smallest absolute Gasteiger partial charge is 0.319 e. The zero-order valence-corrected chi connectivity index (χ0v) is 14.1. The predicted octanol–water partition coefficient (Wildman–Crippen LogP) is 1.43. The minimum atomic E-state index is -0.470. The zero-order valence-electron chi connectivity index (χ0n) is 14.1. The van der Waals surface area contributed by atoms with Crippen molar-refractivity contribution in [2.24, 2.45) is 5.92 Å². The highest BCUT2D eigenvalue weighted by Crippen LogP contribution is 2.19. The number of rotatable bonds is 4. The number of piperidine rings is 1. The van der Waals surface area contributed by atoms with E-state index in [0.717, 1.165) is 25.9 Å². The Balaban J connectivity index is 1.87. The average Bonchev–Trinajstić information content (AvgIpc) is 2.60. The molecule has 1 saturated heterocycles. The molecule has 0 bridgehead atoms. The van der Waals surface area contributed by atoms with Crippen molar-refractivity contribution >= 4 is 23.5 Å². The molecule has 1 fully saturated rings. The summed E-state index contributed by atoms with van der Waals surface area (Å²) in [5, 5.41) is 7.47. The summed E-state index contributed by atoms with van der Waals surface area (Å²) >= 11 is 0. The van der Waals surface area contributed by atoms with Gasteiger partial charge >= 0.3 is 6.03 Å². The molecule has 3 N–H and O–H groups in total. The molecule has 1 aliphatic rings. The molecule has 0 aliphatic carbocycles. The molecule has 0 saturated carbocycles. The normalized spacial score (nSPS) is 14.8. The van der Waals surface area contributed by atoms with Gasteiger partial charge in [-0.1, -0.05) is 6.92 Å². The van der Waals surface area contributed by atoms with Crippen LogP contribution in [0.15, 0.2) is 24.3 Å². The summed E-state index contributed by atoms with van der Waals surface area (Å²) in [6.45, 7) is 3.70. The Morgan fingerprint density at radius 3 is 2.33 bits per heavy atom. The Morgan fingerprint density at radius 1 is 1.12 bits per heavy atom. The number of urea groups is 1. The molecule has 24 heavy (non-hydrogen) atoms. The summed E-state index contributed by atoms with van der Waals surface area (Å²) in [7, 11) is 1.50. The fraction of sp³-hybridized carbons (Fsp3) is 0.471. The molecule has 1 aromatic carbocycles. The molecule has 1 aromatic rings. The Kier molecular flexibility index (Phi) is 6.17. The molecule has 130 valence electrons. The average molecular weight is 332 g/mol. The number of carbonyl (C=O) groups is 3. The number of hydrogen-bond acceptors (Lipinski definition) is 3. The topological polar surface area (TPSA) is 90.5 Å². The largest absolute Gasteiger partial charge is 0.358 e. The maximum atomic E-state index is 12.4. The highest BCUT2D eigenvalue weighted by atomic mass is 16.2. The molecule has 1 aliphatic heterocycles. The van der Waals surface area contributed by atoms with Crippen LogP contribution in [0.2, 0.25) is 0 Å². The minimum Gasteiger partial charge on any atom is -0.358 e. The van der Waals surface area contributed by atoms with Crippen molar-refractivity contribution in [3.63, 3.8) is 0 Å². The molecular formula is C17H24N4O3. The Morgan fingerprint density at radius 2 is 1.75 bits per heavy atom. The summed E-state index contributed by atoms with van der Waals surface area (Å²) in [4.78, 5) is 37.0. The second-order valence-electron chi connectivity index (χ2n) is 6.03. The van der Waals surface area contributed by atoms with Gasteiger partial charge in [0.1, 0.15) is 0 Å². The number of benzene rings is 1. The summed E-state index contributed by atoms with van der Waals surface area (Å²) in [5.74, 6) is 0.424. The van der Waals surface area contributed by atoms with Gasteiger partial charge in [0.25, 0.3) is 5.91 Å². The first kappa shape index (κ1) is 17.8. The maximum absolute atomic E-state index is 12.4. The van der Waals surface area contributed by atoms with Crippen molar-refractivity contribution in [1.29, 1.82) is 0 Å². The number of nitrogens with zero attached hydrogens (tertiary/aromatic N) is 1. The fourth-order valence-electron chi connectivity index (χ4n) is 2.51. The minimum absolute atomic E-state index is 0.0255. The number of hydrogen-bond donors (Lipinski definition) is 3. The number of carbonyl (C=O) groups excluding carboxylic acids is 3. The SMILES string of the molecule is CNC(=O)CNC(=O)Nc1ccc(C(=O)N2CCC(C)CC2)cc1. The lowest BCUT2D eigenvalue weighted by Crippen LogP contribution is -2.38. The van der Waals surface area contributed by atoms with E-state index in [1.165, 1.54) is 7.05 Å². The van der Waals surface area contributed by atoms with Crippen LogP contribution in [0.1, 0.15) is 30.1 Å². The third-order valence-corrected chi connectivity index (χ3v) is 4.15. The Labute approximate surface area is 141 Å². The molecule has 0 atom stereocenters. The van der Waals surface area contributed by atoms with E-state index in [2.05, 4.69) is 22.9 Å². The maximum Gasteiger partial charge on any atom is 0.319 e. The number of likely N-dealkylation sites (tertiary alicyclic amines) is 1. The van der Waals surface area contributed by atoms with Gasteiger partial charge in [0.05, 0.1) is 6.54 Å².